The molecule has 50 valence electrons. The summed E-state index contributed by atoms with van der Waals surface area (Å²) < 4.78 is 0. The van der Waals surface area contributed by atoms with Gasteiger partial charge < -0.3 is 0 Å². The van der Waals surface area contributed by atoms with E-state index in [-0.39, 0.29) is 0 Å². The van der Waals surface area contributed by atoms with Gasteiger partial charge in [-0.1, -0.05) is 26.0 Å². The van der Waals surface area contributed by atoms with Crippen molar-refractivity contribution in [1.29, 1.82) is 0 Å². The van der Waals surface area contributed by atoms with Gasteiger partial charge in [0.15, 0.2) is 0 Å². The molecule has 1 aliphatic carbocycles. The third kappa shape index (κ3) is 1.38. The van der Waals surface area contributed by atoms with Crippen molar-refractivity contribution in [1.82, 2.24) is 0 Å². The third-order valence-electron chi connectivity index (χ3n) is 2.38. The Kier molecular flexibility index (Phi) is 1.99. The highest BCUT2D eigenvalue weighted by Crippen LogP contribution is 2.33. The maximum Gasteiger partial charge on any atom is 0.110 e. The van der Waals surface area contributed by atoms with Crippen LogP contribution < -0.4 is 0 Å². The molecule has 0 aromatic heterocycles. The van der Waals surface area contributed by atoms with Crippen LogP contribution in [0.3, 0.4) is 0 Å². The average Bonchev–Trinajstić information content (AvgIpc) is 2.13. The van der Waals surface area contributed by atoms with Crippen molar-refractivity contribution in [2.24, 2.45) is 11.8 Å². The van der Waals surface area contributed by atoms with Gasteiger partial charge in [-0.25, -0.2) is 0 Å². The van der Waals surface area contributed by atoms with Gasteiger partial charge in [-0.2, -0.15) is 0 Å². The van der Waals surface area contributed by atoms with Crippen LogP contribution in [0.1, 0.15) is 20.3 Å². The van der Waals surface area contributed by atoms with Crippen LogP contribution >= 0.6 is 0 Å². The summed E-state index contributed by atoms with van der Waals surface area (Å²) in [5, 5.41) is 0. The van der Waals surface area contributed by atoms with Crippen molar-refractivity contribution in [3.8, 4) is 0 Å². The molecule has 2 atom stereocenters. The molecule has 1 heteroatoms. The van der Waals surface area contributed by atoms with Crippen LogP contribution in [0.4, 0.5) is 0 Å². The lowest BCUT2D eigenvalue weighted by atomic mass is 9.74. The minimum Gasteiger partial charge on any atom is -0.0931 e. The Labute approximate surface area is 58.8 Å². The number of hydrogen-bond donors (Lipinski definition) is 0. The predicted molar refractivity (Wildman–Crippen MR) is 44.4 cm³/mol. The summed E-state index contributed by atoms with van der Waals surface area (Å²) in [6.45, 7) is 4.63. The number of allylic oxidation sites excluding steroid dienone is 2. The Bertz CT molecular complexity index is 116. The monoisotopic (exact) mass is 122 g/mol. The zero-order chi connectivity index (χ0) is 6.85. The maximum atomic E-state index is 2.34. The molecule has 1 rings (SSSR count). The van der Waals surface area contributed by atoms with Gasteiger partial charge >= 0.3 is 0 Å². The Morgan fingerprint density at radius 1 is 1.56 bits per heavy atom. The Morgan fingerprint density at radius 3 is 2.44 bits per heavy atom. The summed E-state index contributed by atoms with van der Waals surface area (Å²) in [6.07, 6.45) is 5.96. The van der Waals surface area contributed by atoms with Gasteiger partial charge in [0, 0.05) is 0 Å². The molecular weight excluding hydrogens is 107 g/mol. The molecule has 0 amide bonds. The largest absolute Gasteiger partial charge is 0.110 e. The van der Waals surface area contributed by atoms with Crippen molar-refractivity contribution < 1.29 is 0 Å². The van der Waals surface area contributed by atoms with E-state index < -0.39 is 0 Å². The van der Waals surface area contributed by atoms with Crippen molar-refractivity contribution in [3.05, 3.63) is 12.2 Å². The highest BCUT2D eigenvalue weighted by atomic mass is 14.2. The van der Waals surface area contributed by atoms with Crippen molar-refractivity contribution in [2.75, 3.05) is 0 Å². The van der Waals surface area contributed by atoms with Crippen molar-refractivity contribution >= 4 is 7.85 Å². The Morgan fingerprint density at radius 2 is 2.22 bits per heavy atom. The molecule has 9 heavy (non-hydrogen) atoms. The van der Waals surface area contributed by atoms with Crippen LogP contribution in [-0.2, 0) is 0 Å². The lowest BCUT2D eigenvalue weighted by molar-refractivity contribution is 0.409. The highest BCUT2D eigenvalue weighted by Gasteiger charge is 2.20. The first kappa shape index (κ1) is 6.92. The molecule has 1 aliphatic rings. The molecule has 0 aromatic rings. The third-order valence-corrected chi connectivity index (χ3v) is 2.38. The fourth-order valence-corrected chi connectivity index (χ4v) is 1.69. The maximum absolute atomic E-state index is 2.34. The van der Waals surface area contributed by atoms with E-state index in [4.69, 9.17) is 0 Å². The molecule has 0 bridgehead atoms. The summed E-state index contributed by atoms with van der Waals surface area (Å²) in [5.74, 6) is 2.60. The highest BCUT2D eigenvalue weighted by molar-refractivity contribution is 6.13. The van der Waals surface area contributed by atoms with E-state index in [1.165, 1.54) is 6.42 Å². The Balaban J connectivity index is 2.45. The lowest BCUT2D eigenvalue weighted by Crippen LogP contribution is -2.09. The molecule has 0 nitrogen and oxygen atoms in total. The quantitative estimate of drug-likeness (QED) is 0.366. The summed E-state index contributed by atoms with van der Waals surface area (Å²) >= 11 is 0. The summed E-state index contributed by atoms with van der Waals surface area (Å²) in [4.78, 5) is 0. The van der Waals surface area contributed by atoms with Crippen LogP contribution in [0.25, 0.3) is 0 Å². The van der Waals surface area contributed by atoms with E-state index in [1.54, 1.807) is 0 Å². The number of hydrogen-bond acceptors (Lipinski definition) is 0. The second-order valence-corrected chi connectivity index (χ2v) is 3.43. The second kappa shape index (κ2) is 2.59. The summed E-state index contributed by atoms with van der Waals surface area (Å²) in [7, 11) is 2.31. The normalized spacial score (nSPS) is 34.1. The van der Waals surface area contributed by atoms with E-state index >= 15 is 0 Å². The van der Waals surface area contributed by atoms with E-state index in [1.807, 2.05) is 0 Å². The zero-order valence-electron chi connectivity index (χ0n) is 6.59. The minimum atomic E-state index is 0.824. The van der Waals surface area contributed by atoms with Crippen LogP contribution in [0.5, 0.6) is 0 Å². The predicted octanol–water partition coefficient (Wildman–Crippen LogP) is 1.64. The first-order valence-electron chi connectivity index (χ1n) is 3.88. The lowest BCUT2D eigenvalue weighted by Gasteiger charge is -2.18. The van der Waals surface area contributed by atoms with E-state index in [0.29, 0.717) is 0 Å². The molecule has 0 saturated carbocycles. The van der Waals surface area contributed by atoms with Gasteiger partial charge in [0.05, 0.1) is 0 Å². The van der Waals surface area contributed by atoms with Gasteiger partial charge in [0.1, 0.15) is 7.85 Å². The fraction of sp³-hybridized carbons (Fsp3) is 0.750. The fourth-order valence-electron chi connectivity index (χ4n) is 1.69. The van der Waals surface area contributed by atoms with Crippen LogP contribution in [0.15, 0.2) is 12.2 Å². The Hall–Kier alpha value is -0.195. The van der Waals surface area contributed by atoms with Gasteiger partial charge in [-0.15, -0.1) is 0 Å². The zero-order valence-corrected chi connectivity index (χ0v) is 6.59. The molecule has 0 radical (unpaired) electrons. The SMILES string of the molecule is B[C@@H]1C=CC[C@H]1C(C)C. The summed E-state index contributed by atoms with van der Waals surface area (Å²) in [5.41, 5.74) is 0. The average molecular weight is 122 g/mol. The molecule has 0 heterocycles. The van der Waals surface area contributed by atoms with Crippen LogP contribution in [-0.4, -0.2) is 7.85 Å². The van der Waals surface area contributed by atoms with E-state index in [9.17, 15) is 0 Å². The van der Waals surface area contributed by atoms with E-state index in [2.05, 4.69) is 33.8 Å². The smallest absolute Gasteiger partial charge is 0.0931 e. The van der Waals surface area contributed by atoms with Crippen molar-refractivity contribution in [2.45, 2.75) is 26.1 Å². The molecule has 0 unspecified atom stereocenters. The molecule has 0 fully saturated rings. The molecular formula is C8H15B. The molecule has 0 spiro atoms. The van der Waals surface area contributed by atoms with Crippen LogP contribution in [0.2, 0.25) is 5.82 Å². The minimum absolute atomic E-state index is 0.824. The first-order chi connectivity index (χ1) is 4.22. The topological polar surface area (TPSA) is 0 Å². The van der Waals surface area contributed by atoms with Gasteiger partial charge in [0.25, 0.3) is 0 Å². The molecule has 0 aliphatic heterocycles. The molecule has 0 aromatic carbocycles. The first-order valence-corrected chi connectivity index (χ1v) is 3.88. The van der Waals surface area contributed by atoms with Gasteiger partial charge in [-0.3, -0.25) is 0 Å². The second-order valence-electron chi connectivity index (χ2n) is 3.43. The van der Waals surface area contributed by atoms with Gasteiger partial charge in [-0.05, 0) is 24.1 Å². The molecule has 0 N–H and O–H groups in total. The van der Waals surface area contributed by atoms with Gasteiger partial charge in [0.2, 0.25) is 0 Å². The van der Waals surface area contributed by atoms with Crippen LogP contribution in [0, 0.1) is 11.8 Å². The summed E-state index contributed by atoms with van der Waals surface area (Å²) in [6, 6.07) is 0. The number of rotatable bonds is 1. The van der Waals surface area contributed by atoms with Crippen molar-refractivity contribution in [3.63, 3.8) is 0 Å². The standard InChI is InChI=1S/C8H15B/c1-6(2)7-4-3-5-8(7)9/h3,5-8H,4,9H2,1-2H3/t7-,8+/m0/s1. The van der Waals surface area contributed by atoms with E-state index in [0.717, 1.165) is 17.7 Å². The molecule has 0 saturated heterocycles.